The normalized spacial score (nSPS) is 26.0. The van der Waals surface area contributed by atoms with E-state index in [1.165, 1.54) is 6.08 Å². The minimum absolute atomic E-state index is 0.154. The molecule has 1 aliphatic rings. The number of carboxylic acid groups (broad SMARTS) is 1. The molecule has 1 N–H and O–H groups in total. The molecule has 2 unspecified atom stereocenters. The highest BCUT2D eigenvalue weighted by atomic mass is 16.5. The van der Waals surface area contributed by atoms with Crippen LogP contribution in [0, 0.1) is 11.8 Å². The Labute approximate surface area is 69.8 Å². The molecular weight excluding hydrogens is 160 g/mol. The van der Waals surface area contributed by atoms with E-state index in [0.29, 0.717) is 6.42 Å². The molecule has 66 valence electrons. The summed E-state index contributed by atoms with van der Waals surface area (Å²) in [5.41, 5.74) is 0. The highest BCUT2D eigenvalue weighted by Gasteiger charge is 2.49. The summed E-state index contributed by atoms with van der Waals surface area (Å²) in [4.78, 5) is 21.3. The smallest absolute Gasteiger partial charge is 0.310 e. The summed E-state index contributed by atoms with van der Waals surface area (Å²) in [5, 5.41) is 8.47. The van der Waals surface area contributed by atoms with Crippen LogP contribution in [-0.4, -0.2) is 23.7 Å². The van der Waals surface area contributed by atoms with Crippen LogP contribution in [0.1, 0.15) is 6.42 Å². The van der Waals surface area contributed by atoms with Crippen LogP contribution in [0.4, 0.5) is 0 Å². The largest absolute Gasteiger partial charge is 0.481 e. The first kappa shape index (κ1) is 8.77. The number of carboxylic acids is 1. The third kappa shape index (κ3) is 1.84. The maximum atomic E-state index is 10.9. The van der Waals surface area contributed by atoms with Gasteiger partial charge in [-0.15, -0.1) is 0 Å². The standard InChI is InChI=1S/C8H10O4/c1-2-3-12-8(11)6-4-5(6)7(9)10/h2,5-6H,1,3-4H2,(H,9,10). The fourth-order valence-electron chi connectivity index (χ4n) is 0.977. The van der Waals surface area contributed by atoms with Crippen LogP contribution in [0.15, 0.2) is 12.7 Å². The van der Waals surface area contributed by atoms with E-state index in [1.54, 1.807) is 0 Å². The van der Waals surface area contributed by atoms with Crippen molar-refractivity contribution in [1.29, 1.82) is 0 Å². The molecule has 0 aliphatic heterocycles. The van der Waals surface area contributed by atoms with Gasteiger partial charge in [0.1, 0.15) is 6.61 Å². The molecule has 0 aromatic heterocycles. The van der Waals surface area contributed by atoms with E-state index in [2.05, 4.69) is 11.3 Å². The summed E-state index contributed by atoms with van der Waals surface area (Å²) in [5.74, 6) is -2.30. The van der Waals surface area contributed by atoms with E-state index in [4.69, 9.17) is 5.11 Å². The first-order chi connectivity index (χ1) is 5.66. The van der Waals surface area contributed by atoms with Crippen LogP contribution in [0.3, 0.4) is 0 Å². The first-order valence-corrected chi connectivity index (χ1v) is 3.67. The summed E-state index contributed by atoms with van der Waals surface area (Å²) in [6.07, 6.45) is 1.86. The third-order valence-electron chi connectivity index (χ3n) is 1.75. The molecule has 1 rings (SSSR count). The molecule has 0 saturated heterocycles. The molecular formula is C8H10O4. The topological polar surface area (TPSA) is 63.6 Å². The number of rotatable bonds is 4. The third-order valence-corrected chi connectivity index (χ3v) is 1.75. The van der Waals surface area contributed by atoms with E-state index >= 15 is 0 Å². The SMILES string of the molecule is C=CCOC(=O)C1CC1C(=O)O. The van der Waals surface area contributed by atoms with Gasteiger partial charge in [-0.1, -0.05) is 12.7 Å². The Morgan fingerprint density at radius 1 is 1.58 bits per heavy atom. The molecule has 4 nitrogen and oxygen atoms in total. The Balaban J connectivity index is 2.28. The van der Waals surface area contributed by atoms with Crippen LogP contribution in [0.25, 0.3) is 0 Å². The fraction of sp³-hybridized carbons (Fsp3) is 0.500. The van der Waals surface area contributed by atoms with Crippen molar-refractivity contribution in [2.75, 3.05) is 6.61 Å². The van der Waals surface area contributed by atoms with Gasteiger partial charge in [0.05, 0.1) is 11.8 Å². The number of carbonyl (C=O) groups excluding carboxylic acids is 1. The Bertz CT molecular complexity index is 221. The van der Waals surface area contributed by atoms with Crippen molar-refractivity contribution < 1.29 is 19.4 Å². The van der Waals surface area contributed by atoms with Crippen molar-refractivity contribution in [3.8, 4) is 0 Å². The fourth-order valence-corrected chi connectivity index (χ4v) is 0.977. The van der Waals surface area contributed by atoms with Gasteiger partial charge < -0.3 is 9.84 Å². The summed E-state index contributed by atoms with van der Waals surface area (Å²) < 4.78 is 4.68. The van der Waals surface area contributed by atoms with Gasteiger partial charge in [0, 0.05) is 0 Å². The van der Waals surface area contributed by atoms with E-state index in [9.17, 15) is 9.59 Å². The highest BCUT2D eigenvalue weighted by Crippen LogP contribution is 2.39. The number of esters is 1. The Kier molecular flexibility index (Phi) is 2.47. The molecule has 0 heterocycles. The van der Waals surface area contributed by atoms with Crippen LogP contribution in [0.2, 0.25) is 0 Å². The summed E-state index contributed by atoms with van der Waals surface area (Å²) in [6.45, 7) is 3.53. The summed E-state index contributed by atoms with van der Waals surface area (Å²) in [7, 11) is 0. The number of hydrogen-bond acceptors (Lipinski definition) is 3. The second-order valence-corrected chi connectivity index (χ2v) is 2.71. The second kappa shape index (κ2) is 3.38. The van der Waals surface area contributed by atoms with Gasteiger partial charge in [0.25, 0.3) is 0 Å². The zero-order chi connectivity index (χ0) is 9.14. The van der Waals surface area contributed by atoms with Gasteiger partial charge in [-0.25, -0.2) is 0 Å². The van der Waals surface area contributed by atoms with Crippen LogP contribution in [-0.2, 0) is 14.3 Å². The molecule has 4 heteroatoms. The molecule has 1 saturated carbocycles. The number of hydrogen-bond donors (Lipinski definition) is 1. The molecule has 0 aromatic rings. The molecule has 0 bridgehead atoms. The van der Waals surface area contributed by atoms with Crippen molar-refractivity contribution in [2.24, 2.45) is 11.8 Å². The average molecular weight is 170 g/mol. The monoisotopic (exact) mass is 170 g/mol. The zero-order valence-corrected chi connectivity index (χ0v) is 6.53. The van der Waals surface area contributed by atoms with Crippen molar-refractivity contribution in [1.82, 2.24) is 0 Å². The van der Waals surface area contributed by atoms with E-state index in [0.717, 1.165) is 0 Å². The lowest BCUT2D eigenvalue weighted by molar-refractivity contribution is -0.147. The summed E-state index contributed by atoms with van der Waals surface area (Å²) >= 11 is 0. The van der Waals surface area contributed by atoms with Gasteiger partial charge in [0.15, 0.2) is 0 Å². The van der Waals surface area contributed by atoms with E-state index < -0.39 is 23.8 Å². The highest BCUT2D eigenvalue weighted by molar-refractivity contribution is 5.86. The lowest BCUT2D eigenvalue weighted by Crippen LogP contribution is -2.11. The molecule has 12 heavy (non-hydrogen) atoms. The lowest BCUT2D eigenvalue weighted by Gasteiger charge is -1.98. The lowest BCUT2D eigenvalue weighted by atomic mass is 10.3. The zero-order valence-electron chi connectivity index (χ0n) is 6.53. The summed E-state index contributed by atoms with van der Waals surface area (Å²) in [6, 6.07) is 0. The Hall–Kier alpha value is -1.32. The average Bonchev–Trinajstić information content (AvgIpc) is 2.78. The molecule has 0 aromatic carbocycles. The van der Waals surface area contributed by atoms with Gasteiger partial charge in [0.2, 0.25) is 0 Å². The van der Waals surface area contributed by atoms with Gasteiger partial charge in [-0.3, -0.25) is 9.59 Å². The van der Waals surface area contributed by atoms with Gasteiger partial charge >= 0.3 is 11.9 Å². The van der Waals surface area contributed by atoms with Gasteiger partial charge in [-0.2, -0.15) is 0 Å². The minimum Gasteiger partial charge on any atom is -0.481 e. The van der Waals surface area contributed by atoms with E-state index in [-0.39, 0.29) is 6.61 Å². The molecule has 0 spiro atoms. The van der Waals surface area contributed by atoms with Crippen LogP contribution < -0.4 is 0 Å². The van der Waals surface area contributed by atoms with Crippen molar-refractivity contribution in [3.63, 3.8) is 0 Å². The Morgan fingerprint density at radius 3 is 2.67 bits per heavy atom. The molecule has 2 atom stereocenters. The molecule has 1 aliphatic carbocycles. The van der Waals surface area contributed by atoms with Gasteiger partial charge in [-0.05, 0) is 6.42 Å². The number of aliphatic carboxylic acids is 1. The second-order valence-electron chi connectivity index (χ2n) is 2.71. The molecule has 0 radical (unpaired) electrons. The van der Waals surface area contributed by atoms with Crippen LogP contribution in [0.5, 0.6) is 0 Å². The minimum atomic E-state index is -0.921. The quantitative estimate of drug-likeness (QED) is 0.491. The predicted octanol–water partition coefficient (Wildman–Crippen LogP) is 0.436. The molecule has 0 amide bonds. The van der Waals surface area contributed by atoms with Crippen LogP contribution >= 0.6 is 0 Å². The van der Waals surface area contributed by atoms with Crippen molar-refractivity contribution in [3.05, 3.63) is 12.7 Å². The van der Waals surface area contributed by atoms with Crippen molar-refractivity contribution >= 4 is 11.9 Å². The molecule has 1 fully saturated rings. The maximum Gasteiger partial charge on any atom is 0.310 e. The maximum absolute atomic E-state index is 10.9. The predicted molar refractivity (Wildman–Crippen MR) is 40.4 cm³/mol. The van der Waals surface area contributed by atoms with Crippen molar-refractivity contribution in [2.45, 2.75) is 6.42 Å². The number of carbonyl (C=O) groups is 2. The van der Waals surface area contributed by atoms with E-state index in [1.807, 2.05) is 0 Å². The number of ether oxygens (including phenoxy) is 1. The Morgan fingerprint density at radius 2 is 2.25 bits per heavy atom. The first-order valence-electron chi connectivity index (χ1n) is 3.67.